The number of aromatic nitrogens is 2. The van der Waals surface area contributed by atoms with E-state index in [4.69, 9.17) is 8.83 Å². The summed E-state index contributed by atoms with van der Waals surface area (Å²) in [5.41, 5.74) is 0.289. The van der Waals surface area contributed by atoms with E-state index in [1.165, 1.54) is 0 Å². The molecule has 24 heavy (non-hydrogen) atoms. The molecule has 1 saturated heterocycles. The van der Waals surface area contributed by atoms with Crippen molar-refractivity contribution in [2.75, 3.05) is 6.54 Å². The molecule has 128 valence electrons. The van der Waals surface area contributed by atoms with E-state index >= 15 is 0 Å². The Morgan fingerprint density at radius 2 is 1.96 bits per heavy atom. The first kappa shape index (κ1) is 15.3. The van der Waals surface area contributed by atoms with Gasteiger partial charge in [-0.3, -0.25) is 4.79 Å². The summed E-state index contributed by atoms with van der Waals surface area (Å²) >= 11 is 0. The van der Waals surface area contributed by atoms with E-state index in [9.17, 15) is 13.6 Å². The second-order valence-electron chi connectivity index (χ2n) is 6.59. The molecule has 1 aliphatic carbocycles. The first-order chi connectivity index (χ1) is 11.3. The fraction of sp³-hybridized carbons (Fsp3) is 0.562. The number of amides is 1. The highest BCUT2D eigenvalue weighted by atomic mass is 19.3. The third kappa shape index (κ3) is 2.59. The summed E-state index contributed by atoms with van der Waals surface area (Å²) in [7, 11) is 0. The molecule has 6 nitrogen and oxygen atoms in total. The molecular formula is C16H17F2N3O3. The molecule has 0 spiro atoms. The van der Waals surface area contributed by atoms with Gasteiger partial charge in [0.2, 0.25) is 11.8 Å². The van der Waals surface area contributed by atoms with Gasteiger partial charge in [-0.05, 0) is 32.8 Å². The Hall–Kier alpha value is -2.25. The molecule has 1 saturated carbocycles. The fourth-order valence-corrected chi connectivity index (χ4v) is 3.13. The van der Waals surface area contributed by atoms with E-state index < -0.39 is 30.8 Å². The van der Waals surface area contributed by atoms with Crippen LogP contribution in [-0.4, -0.2) is 33.5 Å². The van der Waals surface area contributed by atoms with Crippen LogP contribution in [0.3, 0.4) is 0 Å². The molecule has 0 radical (unpaired) electrons. The van der Waals surface area contributed by atoms with Gasteiger partial charge in [0, 0.05) is 12.3 Å². The van der Waals surface area contributed by atoms with Crippen LogP contribution in [0.2, 0.25) is 0 Å². The van der Waals surface area contributed by atoms with Gasteiger partial charge < -0.3 is 13.7 Å². The van der Waals surface area contributed by atoms with Gasteiger partial charge in [-0.1, -0.05) is 0 Å². The molecule has 2 aromatic heterocycles. The Morgan fingerprint density at radius 3 is 2.58 bits per heavy atom. The number of rotatable bonds is 3. The van der Waals surface area contributed by atoms with Gasteiger partial charge in [-0.15, -0.1) is 10.2 Å². The zero-order chi connectivity index (χ0) is 17.1. The van der Waals surface area contributed by atoms with Crippen molar-refractivity contribution in [3.8, 4) is 0 Å². The Bertz CT molecular complexity index is 794. The van der Waals surface area contributed by atoms with Crippen molar-refractivity contribution >= 4 is 5.91 Å². The summed E-state index contributed by atoms with van der Waals surface area (Å²) < 4.78 is 38.9. The van der Waals surface area contributed by atoms with Crippen LogP contribution in [0.5, 0.6) is 0 Å². The van der Waals surface area contributed by atoms with E-state index in [1.54, 1.807) is 19.9 Å². The van der Waals surface area contributed by atoms with Crippen LogP contribution in [0.1, 0.15) is 64.9 Å². The maximum Gasteiger partial charge on any atom is 0.267 e. The van der Waals surface area contributed by atoms with Crippen molar-refractivity contribution < 1.29 is 22.4 Å². The van der Waals surface area contributed by atoms with Crippen molar-refractivity contribution in [1.82, 2.24) is 15.1 Å². The highest BCUT2D eigenvalue weighted by Crippen LogP contribution is 2.44. The lowest BCUT2D eigenvalue weighted by Crippen LogP contribution is -2.33. The third-order valence-electron chi connectivity index (χ3n) is 4.47. The van der Waals surface area contributed by atoms with E-state index in [0.717, 1.165) is 17.7 Å². The second kappa shape index (κ2) is 5.12. The number of carbonyl (C=O) groups excluding carboxylic acids is 1. The van der Waals surface area contributed by atoms with Crippen LogP contribution in [0.15, 0.2) is 14.9 Å². The number of furan rings is 1. The average molecular weight is 337 g/mol. The van der Waals surface area contributed by atoms with Crippen molar-refractivity contribution in [2.45, 2.75) is 51.0 Å². The summed E-state index contributed by atoms with van der Waals surface area (Å²) in [6.45, 7) is 2.68. The lowest BCUT2D eigenvalue weighted by Gasteiger charge is -2.20. The molecule has 2 aliphatic rings. The molecule has 1 aliphatic heterocycles. The predicted molar refractivity (Wildman–Crippen MR) is 77.8 cm³/mol. The number of hydrogen-bond donors (Lipinski definition) is 0. The summed E-state index contributed by atoms with van der Waals surface area (Å²) in [5.74, 6) is -1.72. The van der Waals surface area contributed by atoms with Gasteiger partial charge in [0.05, 0.1) is 12.1 Å². The SMILES string of the molecule is Cc1cc(C(=O)N2CC(F)(F)C[C@H]2c2nnc(C3CC3)o2)c(C)o1. The van der Waals surface area contributed by atoms with Crippen LogP contribution in [0.4, 0.5) is 8.78 Å². The maximum atomic E-state index is 14.0. The molecular weight excluding hydrogens is 320 g/mol. The minimum atomic E-state index is -2.98. The zero-order valence-corrected chi connectivity index (χ0v) is 13.4. The van der Waals surface area contributed by atoms with Crippen LogP contribution < -0.4 is 0 Å². The molecule has 0 bridgehead atoms. The monoisotopic (exact) mass is 337 g/mol. The Kier molecular flexibility index (Phi) is 3.26. The Balaban J connectivity index is 1.65. The second-order valence-corrected chi connectivity index (χ2v) is 6.59. The molecule has 2 aromatic rings. The van der Waals surface area contributed by atoms with Gasteiger partial charge in [0.15, 0.2) is 0 Å². The standard InChI is InChI=1S/C16H17F2N3O3/c1-8-5-11(9(2)23-8)15(22)21-7-16(17,18)6-12(21)14-20-19-13(24-14)10-3-4-10/h5,10,12H,3-4,6-7H2,1-2H3/t12-/m0/s1. The fourth-order valence-electron chi connectivity index (χ4n) is 3.13. The summed E-state index contributed by atoms with van der Waals surface area (Å²) in [5, 5.41) is 7.85. The number of carbonyl (C=O) groups is 1. The molecule has 8 heteroatoms. The lowest BCUT2D eigenvalue weighted by atomic mass is 10.1. The van der Waals surface area contributed by atoms with Crippen molar-refractivity contribution in [2.24, 2.45) is 0 Å². The number of alkyl halides is 2. The van der Waals surface area contributed by atoms with Crippen LogP contribution in [0, 0.1) is 13.8 Å². The number of aryl methyl sites for hydroxylation is 2. The number of halogens is 2. The van der Waals surface area contributed by atoms with Gasteiger partial charge in [-0.2, -0.15) is 0 Å². The molecule has 2 fully saturated rings. The van der Waals surface area contributed by atoms with Crippen LogP contribution >= 0.6 is 0 Å². The highest BCUT2D eigenvalue weighted by Gasteiger charge is 2.50. The van der Waals surface area contributed by atoms with Crippen molar-refractivity contribution in [3.63, 3.8) is 0 Å². The average Bonchev–Trinajstić information content (AvgIpc) is 2.99. The minimum absolute atomic E-state index is 0.0836. The summed E-state index contributed by atoms with van der Waals surface area (Å²) in [6, 6.07) is 0.649. The highest BCUT2D eigenvalue weighted by molar-refractivity contribution is 5.95. The van der Waals surface area contributed by atoms with Gasteiger partial charge in [0.25, 0.3) is 11.8 Å². The quantitative estimate of drug-likeness (QED) is 0.858. The molecule has 0 N–H and O–H groups in total. The van der Waals surface area contributed by atoms with Crippen molar-refractivity contribution in [3.05, 3.63) is 34.9 Å². The van der Waals surface area contributed by atoms with E-state index in [2.05, 4.69) is 10.2 Å². The lowest BCUT2D eigenvalue weighted by molar-refractivity contribution is 0.0116. The molecule has 0 unspecified atom stereocenters. The summed E-state index contributed by atoms with van der Waals surface area (Å²) in [4.78, 5) is 13.9. The van der Waals surface area contributed by atoms with Gasteiger partial charge >= 0.3 is 0 Å². The Morgan fingerprint density at radius 1 is 1.25 bits per heavy atom. The normalized spacial score (nSPS) is 23.0. The molecule has 3 heterocycles. The van der Waals surface area contributed by atoms with E-state index in [0.29, 0.717) is 17.4 Å². The van der Waals surface area contributed by atoms with E-state index in [1.807, 2.05) is 0 Å². The van der Waals surface area contributed by atoms with Gasteiger partial charge in [0.1, 0.15) is 17.6 Å². The number of likely N-dealkylation sites (tertiary alicyclic amines) is 1. The summed E-state index contributed by atoms with van der Waals surface area (Å²) in [6.07, 6.45) is 1.43. The zero-order valence-electron chi connectivity index (χ0n) is 13.4. The topological polar surface area (TPSA) is 72.4 Å². The minimum Gasteiger partial charge on any atom is -0.466 e. The van der Waals surface area contributed by atoms with Gasteiger partial charge in [-0.25, -0.2) is 8.78 Å². The largest absolute Gasteiger partial charge is 0.466 e. The third-order valence-corrected chi connectivity index (χ3v) is 4.47. The van der Waals surface area contributed by atoms with Crippen LogP contribution in [-0.2, 0) is 0 Å². The van der Waals surface area contributed by atoms with Crippen molar-refractivity contribution in [1.29, 1.82) is 0 Å². The maximum absolute atomic E-state index is 14.0. The first-order valence-electron chi connectivity index (χ1n) is 7.93. The molecule has 0 aromatic carbocycles. The predicted octanol–water partition coefficient (Wildman–Crippen LogP) is 3.38. The number of nitrogens with zero attached hydrogens (tertiary/aromatic N) is 3. The number of hydrogen-bond acceptors (Lipinski definition) is 5. The molecule has 1 amide bonds. The van der Waals surface area contributed by atoms with Crippen LogP contribution in [0.25, 0.3) is 0 Å². The smallest absolute Gasteiger partial charge is 0.267 e. The first-order valence-corrected chi connectivity index (χ1v) is 7.93. The Labute approximate surface area is 136 Å². The van der Waals surface area contributed by atoms with E-state index in [-0.39, 0.29) is 17.4 Å². The molecule has 4 rings (SSSR count). The molecule has 1 atom stereocenters.